The molecular weight excluding hydrogens is 281 g/mol. The van der Waals surface area contributed by atoms with Gasteiger partial charge in [0.1, 0.15) is 18.2 Å². The number of rotatable bonds is 4. The van der Waals surface area contributed by atoms with Gasteiger partial charge < -0.3 is 10.1 Å². The fourth-order valence-electron chi connectivity index (χ4n) is 1.69. The van der Waals surface area contributed by atoms with E-state index in [4.69, 9.17) is 16.3 Å². The number of hydrogen-bond donors (Lipinski definition) is 1. The van der Waals surface area contributed by atoms with Gasteiger partial charge in [0.2, 0.25) is 5.91 Å². The monoisotopic (exact) mass is 293 g/mol. The molecule has 2 aromatic rings. The lowest BCUT2D eigenvalue weighted by atomic mass is 10.2. The van der Waals surface area contributed by atoms with E-state index in [0.29, 0.717) is 22.0 Å². The van der Waals surface area contributed by atoms with Crippen molar-refractivity contribution in [2.75, 3.05) is 5.32 Å². The number of carbonyl (C=O) groups is 1. The quantitative estimate of drug-likeness (QED) is 0.925. The lowest BCUT2D eigenvalue weighted by Crippen LogP contribution is -2.05. The Bertz CT molecular complexity index is 631. The molecular formula is C15H13ClFNO2. The first-order chi connectivity index (χ1) is 9.54. The highest BCUT2D eigenvalue weighted by molar-refractivity contribution is 6.32. The van der Waals surface area contributed by atoms with E-state index in [1.54, 1.807) is 30.3 Å². The third-order valence-corrected chi connectivity index (χ3v) is 2.83. The summed E-state index contributed by atoms with van der Waals surface area (Å²) in [6.45, 7) is 1.64. The Hall–Kier alpha value is -2.07. The second kappa shape index (κ2) is 6.39. The highest BCUT2D eigenvalue weighted by atomic mass is 35.5. The zero-order valence-electron chi connectivity index (χ0n) is 10.8. The minimum absolute atomic E-state index is 0.172. The zero-order chi connectivity index (χ0) is 14.5. The van der Waals surface area contributed by atoms with Crippen LogP contribution in [0.15, 0.2) is 42.5 Å². The highest BCUT2D eigenvalue weighted by Gasteiger charge is 2.05. The summed E-state index contributed by atoms with van der Waals surface area (Å²) in [6.07, 6.45) is 0. The fraction of sp³-hybridized carbons (Fsp3) is 0.133. The first kappa shape index (κ1) is 14.3. The van der Waals surface area contributed by atoms with Crippen molar-refractivity contribution in [1.29, 1.82) is 0 Å². The Morgan fingerprint density at radius 3 is 2.75 bits per heavy atom. The number of benzene rings is 2. The number of hydrogen-bond acceptors (Lipinski definition) is 2. The summed E-state index contributed by atoms with van der Waals surface area (Å²) in [7, 11) is 0. The van der Waals surface area contributed by atoms with E-state index in [2.05, 4.69) is 5.32 Å². The van der Waals surface area contributed by atoms with E-state index in [0.717, 1.165) is 0 Å². The summed E-state index contributed by atoms with van der Waals surface area (Å²) in [5.74, 6) is -0.00210. The molecule has 0 aliphatic heterocycles. The molecule has 2 aromatic carbocycles. The molecule has 1 amide bonds. The topological polar surface area (TPSA) is 38.3 Å². The standard InChI is InChI=1S/C15H13ClFNO2/c1-10(19)18-13-5-6-15(14(16)8-13)20-9-11-3-2-4-12(17)7-11/h2-8H,9H2,1H3,(H,18,19). The van der Waals surface area contributed by atoms with Gasteiger partial charge in [-0.1, -0.05) is 23.7 Å². The van der Waals surface area contributed by atoms with Crippen molar-refractivity contribution >= 4 is 23.2 Å². The van der Waals surface area contributed by atoms with Gasteiger partial charge in [-0.05, 0) is 35.9 Å². The van der Waals surface area contributed by atoms with Gasteiger partial charge in [-0.25, -0.2) is 4.39 Å². The number of anilines is 1. The van der Waals surface area contributed by atoms with Gasteiger partial charge in [0, 0.05) is 12.6 Å². The Balaban J connectivity index is 2.04. The van der Waals surface area contributed by atoms with E-state index < -0.39 is 0 Å². The van der Waals surface area contributed by atoms with E-state index in [9.17, 15) is 9.18 Å². The summed E-state index contributed by atoms with van der Waals surface area (Å²) in [5.41, 5.74) is 1.31. The molecule has 0 aromatic heterocycles. The van der Waals surface area contributed by atoms with Crippen LogP contribution in [0.25, 0.3) is 0 Å². The molecule has 0 heterocycles. The van der Waals surface area contributed by atoms with Crippen molar-refractivity contribution in [3.05, 3.63) is 58.9 Å². The molecule has 0 saturated heterocycles. The molecule has 104 valence electrons. The fourth-order valence-corrected chi connectivity index (χ4v) is 1.92. The van der Waals surface area contributed by atoms with Crippen molar-refractivity contribution in [3.8, 4) is 5.75 Å². The zero-order valence-corrected chi connectivity index (χ0v) is 11.6. The molecule has 20 heavy (non-hydrogen) atoms. The molecule has 0 aliphatic rings. The van der Waals surface area contributed by atoms with E-state index in [1.807, 2.05) is 0 Å². The predicted octanol–water partition coefficient (Wildman–Crippen LogP) is 4.02. The van der Waals surface area contributed by atoms with Gasteiger partial charge >= 0.3 is 0 Å². The van der Waals surface area contributed by atoms with Crippen LogP contribution in [0.5, 0.6) is 5.75 Å². The van der Waals surface area contributed by atoms with Crippen LogP contribution in [-0.4, -0.2) is 5.91 Å². The number of ether oxygens (including phenoxy) is 1. The summed E-state index contributed by atoms with van der Waals surface area (Å²) < 4.78 is 18.6. The van der Waals surface area contributed by atoms with Gasteiger partial charge in [-0.2, -0.15) is 0 Å². The average Bonchev–Trinajstić information content (AvgIpc) is 2.37. The average molecular weight is 294 g/mol. The van der Waals surface area contributed by atoms with E-state index in [1.165, 1.54) is 19.1 Å². The molecule has 0 atom stereocenters. The highest BCUT2D eigenvalue weighted by Crippen LogP contribution is 2.28. The first-order valence-electron chi connectivity index (χ1n) is 5.99. The van der Waals surface area contributed by atoms with Crippen LogP contribution in [0.3, 0.4) is 0 Å². The number of carbonyl (C=O) groups excluding carboxylic acids is 1. The first-order valence-corrected chi connectivity index (χ1v) is 6.37. The molecule has 0 radical (unpaired) electrons. The van der Waals surface area contributed by atoms with Crippen molar-refractivity contribution in [2.24, 2.45) is 0 Å². The Labute approximate surface area is 121 Å². The maximum atomic E-state index is 13.0. The molecule has 5 heteroatoms. The lowest BCUT2D eigenvalue weighted by molar-refractivity contribution is -0.114. The molecule has 0 fully saturated rings. The van der Waals surface area contributed by atoms with Gasteiger partial charge in [0.15, 0.2) is 0 Å². The molecule has 0 spiro atoms. The normalized spacial score (nSPS) is 10.2. The Kier molecular flexibility index (Phi) is 4.58. The summed E-state index contributed by atoms with van der Waals surface area (Å²) in [6, 6.07) is 11.1. The van der Waals surface area contributed by atoms with Gasteiger partial charge in [-0.3, -0.25) is 4.79 Å². The molecule has 0 bridgehead atoms. The van der Waals surface area contributed by atoms with Crippen molar-refractivity contribution < 1.29 is 13.9 Å². The van der Waals surface area contributed by atoms with Crippen LogP contribution < -0.4 is 10.1 Å². The minimum Gasteiger partial charge on any atom is -0.487 e. The lowest BCUT2D eigenvalue weighted by Gasteiger charge is -2.10. The van der Waals surface area contributed by atoms with Gasteiger partial charge in [0.05, 0.1) is 5.02 Å². The second-order valence-electron chi connectivity index (χ2n) is 4.24. The number of halogens is 2. The predicted molar refractivity (Wildman–Crippen MR) is 76.5 cm³/mol. The van der Waals surface area contributed by atoms with Crippen molar-refractivity contribution in [1.82, 2.24) is 0 Å². The largest absolute Gasteiger partial charge is 0.487 e. The summed E-state index contributed by atoms with van der Waals surface area (Å²) in [5, 5.41) is 3.01. The molecule has 0 saturated carbocycles. The van der Waals surface area contributed by atoms with Crippen LogP contribution in [0.4, 0.5) is 10.1 Å². The summed E-state index contributed by atoms with van der Waals surface area (Å²) >= 11 is 6.06. The van der Waals surface area contributed by atoms with Gasteiger partial charge in [-0.15, -0.1) is 0 Å². The SMILES string of the molecule is CC(=O)Nc1ccc(OCc2cccc(F)c2)c(Cl)c1. The molecule has 0 unspecified atom stereocenters. The van der Waals surface area contributed by atoms with Crippen LogP contribution in [0, 0.1) is 5.82 Å². The van der Waals surface area contributed by atoms with Crippen molar-refractivity contribution in [3.63, 3.8) is 0 Å². The van der Waals surface area contributed by atoms with Crippen molar-refractivity contribution in [2.45, 2.75) is 13.5 Å². The Morgan fingerprint density at radius 1 is 1.30 bits per heavy atom. The van der Waals surface area contributed by atoms with Crippen LogP contribution in [0.2, 0.25) is 5.02 Å². The van der Waals surface area contributed by atoms with E-state index >= 15 is 0 Å². The number of nitrogens with one attached hydrogen (secondary N) is 1. The molecule has 2 rings (SSSR count). The second-order valence-corrected chi connectivity index (χ2v) is 4.65. The maximum Gasteiger partial charge on any atom is 0.221 e. The molecule has 0 aliphatic carbocycles. The van der Waals surface area contributed by atoms with E-state index in [-0.39, 0.29) is 18.3 Å². The van der Waals surface area contributed by atoms with Crippen LogP contribution in [-0.2, 0) is 11.4 Å². The van der Waals surface area contributed by atoms with Crippen LogP contribution >= 0.6 is 11.6 Å². The third kappa shape index (κ3) is 3.96. The Morgan fingerprint density at radius 2 is 2.10 bits per heavy atom. The molecule has 3 nitrogen and oxygen atoms in total. The molecule has 1 N–H and O–H groups in total. The maximum absolute atomic E-state index is 13.0. The smallest absolute Gasteiger partial charge is 0.221 e. The third-order valence-electron chi connectivity index (χ3n) is 2.54. The van der Waals surface area contributed by atoms with Crippen LogP contribution in [0.1, 0.15) is 12.5 Å². The minimum atomic E-state index is -0.307. The summed E-state index contributed by atoms with van der Waals surface area (Å²) in [4.78, 5) is 10.9. The number of amides is 1. The van der Waals surface area contributed by atoms with Gasteiger partial charge in [0.25, 0.3) is 0 Å².